The summed E-state index contributed by atoms with van der Waals surface area (Å²) in [6.07, 6.45) is 7.56. The summed E-state index contributed by atoms with van der Waals surface area (Å²) in [4.78, 5) is 9.40. The fourth-order valence-electron chi connectivity index (χ4n) is 4.54. The van der Waals surface area contributed by atoms with E-state index in [9.17, 15) is 0 Å². The second kappa shape index (κ2) is 14.0. The third kappa shape index (κ3) is 9.79. The Labute approximate surface area is 184 Å². The van der Waals surface area contributed by atoms with Crippen molar-refractivity contribution >= 4 is 29.9 Å². The molecule has 0 aromatic carbocycles. The molecule has 27 heavy (non-hydrogen) atoms. The van der Waals surface area contributed by atoms with Gasteiger partial charge in [0.25, 0.3) is 0 Å². The van der Waals surface area contributed by atoms with Crippen LogP contribution in [0.5, 0.6) is 0 Å². The predicted molar refractivity (Wildman–Crippen MR) is 126 cm³/mol. The van der Waals surface area contributed by atoms with Crippen molar-refractivity contribution in [3.05, 3.63) is 0 Å². The molecule has 0 aromatic rings. The van der Waals surface area contributed by atoms with E-state index in [0.717, 1.165) is 50.0 Å². The van der Waals surface area contributed by atoms with E-state index in [1.54, 1.807) is 0 Å². The summed E-state index contributed by atoms with van der Waals surface area (Å²) < 4.78 is 5.45. The van der Waals surface area contributed by atoms with Crippen molar-refractivity contribution in [3.8, 4) is 0 Å². The van der Waals surface area contributed by atoms with E-state index in [4.69, 9.17) is 4.74 Å². The minimum atomic E-state index is 0. The van der Waals surface area contributed by atoms with Gasteiger partial charge in [0.05, 0.1) is 0 Å². The highest BCUT2D eigenvalue weighted by atomic mass is 127. The van der Waals surface area contributed by atoms with Gasteiger partial charge >= 0.3 is 0 Å². The fourth-order valence-corrected chi connectivity index (χ4v) is 4.54. The number of nitrogens with one attached hydrogen (secondary N) is 1. The van der Waals surface area contributed by atoms with E-state index in [1.165, 1.54) is 58.2 Å². The Bertz CT molecular complexity index is 405. The third-order valence-electron chi connectivity index (χ3n) is 5.92. The zero-order valence-corrected chi connectivity index (χ0v) is 20.4. The molecule has 2 unspecified atom stereocenters. The summed E-state index contributed by atoms with van der Waals surface area (Å²) in [7, 11) is 4.05. The summed E-state index contributed by atoms with van der Waals surface area (Å²) in [5, 5.41) is 3.54. The predicted octanol–water partition coefficient (Wildman–Crippen LogP) is 3.69. The molecule has 0 aliphatic carbocycles. The normalized spacial score (nSPS) is 25.1. The van der Waals surface area contributed by atoms with Crippen molar-refractivity contribution in [3.63, 3.8) is 0 Å². The van der Waals surface area contributed by atoms with E-state index in [-0.39, 0.29) is 24.0 Å². The monoisotopic (exact) mass is 494 g/mol. The van der Waals surface area contributed by atoms with Gasteiger partial charge in [-0.25, -0.2) is 0 Å². The maximum absolute atomic E-state index is 5.45. The number of nitrogens with zero attached hydrogens (tertiary/aromatic N) is 3. The quantitative estimate of drug-likeness (QED) is 0.242. The first kappa shape index (κ1) is 25.0. The van der Waals surface area contributed by atoms with Crippen LogP contribution in [-0.2, 0) is 4.74 Å². The van der Waals surface area contributed by atoms with Crippen molar-refractivity contribution < 1.29 is 4.74 Å². The highest BCUT2D eigenvalue weighted by molar-refractivity contribution is 14.0. The Kier molecular flexibility index (Phi) is 12.9. The summed E-state index contributed by atoms with van der Waals surface area (Å²) in [6, 6.07) is 0. The zero-order valence-electron chi connectivity index (χ0n) is 18.1. The van der Waals surface area contributed by atoms with Gasteiger partial charge in [-0.3, -0.25) is 4.99 Å². The second-order valence-corrected chi connectivity index (χ2v) is 8.65. The molecule has 0 spiro atoms. The standard InChI is InChI=1S/C21H42N4O.HI/c1-18-15-19(2)17-25(16-18)11-6-5-10-23-21(22-3)24(4)12-7-20-8-13-26-14-9-20;/h18-20H,5-17H2,1-4H3,(H,22,23);1H. The van der Waals surface area contributed by atoms with Crippen molar-refractivity contribution in [2.45, 2.75) is 52.4 Å². The number of ether oxygens (including phenoxy) is 1. The number of hydrogen-bond acceptors (Lipinski definition) is 3. The minimum absolute atomic E-state index is 0. The van der Waals surface area contributed by atoms with Crippen LogP contribution in [0.2, 0.25) is 0 Å². The molecule has 160 valence electrons. The van der Waals surface area contributed by atoms with E-state index in [1.807, 2.05) is 7.05 Å². The van der Waals surface area contributed by atoms with Crippen LogP contribution in [0.25, 0.3) is 0 Å². The topological polar surface area (TPSA) is 40.1 Å². The molecule has 2 aliphatic rings. The number of piperidine rings is 1. The average molecular weight is 495 g/mol. The molecule has 0 radical (unpaired) electrons. The van der Waals surface area contributed by atoms with Crippen molar-refractivity contribution in [2.24, 2.45) is 22.7 Å². The van der Waals surface area contributed by atoms with Crippen LogP contribution in [-0.4, -0.2) is 75.8 Å². The summed E-state index contributed by atoms with van der Waals surface area (Å²) in [5.41, 5.74) is 0. The Morgan fingerprint density at radius 2 is 1.81 bits per heavy atom. The van der Waals surface area contributed by atoms with Crippen LogP contribution >= 0.6 is 24.0 Å². The first-order valence-corrected chi connectivity index (χ1v) is 10.8. The SMILES string of the molecule is CN=C(NCCCCN1CC(C)CC(C)C1)N(C)CCC1CCOCC1.I. The van der Waals surface area contributed by atoms with Crippen LogP contribution in [0.3, 0.4) is 0 Å². The van der Waals surface area contributed by atoms with Crippen LogP contribution in [0.15, 0.2) is 4.99 Å². The molecule has 1 N–H and O–H groups in total. The lowest BCUT2D eigenvalue weighted by Crippen LogP contribution is -2.41. The number of unbranched alkanes of at least 4 members (excludes halogenated alkanes) is 1. The van der Waals surface area contributed by atoms with E-state index < -0.39 is 0 Å². The number of rotatable bonds is 8. The summed E-state index contributed by atoms with van der Waals surface area (Å²) in [5.74, 6) is 3.58. The molecular formula is C21H43IN4O. The lowest BCUT2D eigenvalue weighted by molar-refractivity contribution is 0.0625. The van der Waals surface area contributed by atoms with Gasteiger partial charge in [0.15, 0.2) is 5.96 Å². The van der Waals surface area contributed by atoms with Gasteiger partial charge in [0.1, 0.15) is 0 Å². The van der Waals surface area contributed by atoms with Gasteiger partial charge in [-0.1, -0.05) is 13.8 Å². The molecule has 0 saturated carbocycles. The number of guanidine groups is 1. The van der Waals surface area contributed by atoms with Crippen molar-refractivity contribution in [1.29, 1.82) is 0 Å². The zero-order chi connectivity index (χ0) is 18.8. The molecule has 0 bridgehead atoms. The van der Waals surface area contributed by atoms with E-state index in [0.29, 0.717) is 0 Å². The average Bonchev–Trinajstić information content (AvgIpc) is 2.63. The largest absolute Gasteiger partial charge is 0.381 e. The minimum Gasteiger partial charge on any atom is -0.381 e. The molecule has 6 heteroatoms. The molecule has 0 amide bonds. The van der Waals surface area contributed by atoms with E-state index >= 15 is 0 Å². The second-order valence-electron chi connectivity index (χ2n) is 8.65. The Balaban J connectivity index is 0.00000364. The van der Waals surface area contributed by atoms with Crippen molar-refractivity contribution in [2.75, 3.05) is 60.0 Å². The number of hydrogen-bond donors (Lipinski definition) is 1. The van der Waals surface area contributed by atoms with Crippen molar-refractivity contribution in [1.82, 2.24) is 15.1 Å². The summed E-state index contributed by atoms with van der Waals surface area (Å²) in [6.45, 7) is 12.6. The number of likely N-dealkylation sites (tertiary alicyclic amines) is 1. The first-order chi connectivity index (χ1) is 12.6. The number of aliphatic imine (C=N–C) groups is 1. The highest BCUT2D eigenvalue weighted by Gasteiger charge is 2.21. The fraction of sp³-hybridized carbons (Fsp3) is 0.952. The molecule has 2 rings (SSSR count). The Morgan fingerprint density at radius 1 is 1.15 bits per heavy atom. The lowest BCUT2D eigenvalue weighted by atomic mass is 9.92. The van der Waals surface area contributed by atoms with Gasteiger partial charge in [-0.15, -0.1) is 24.0 Å². The highest BCUT2D eigenvalue weighted by Crippen LogP contribution is 2.21. The van der Waals surface area contributed by atoms with Gasteiger partial charge in [0.2, 0.25) is 0 Å². The molecule has 2 fully saturated rings. The van der Waals surface area contributed by atoms with E-state index in [2.05, 4.69) is 41.0 Å². The van der Waals surface area contributed by atoms with Crippen LogP contribution < -0.4 is 5.32 Å². The Hall–Kier alpha value is -0.0800. The molecule has 0 aromatic heterocycles. The van der Waals surface area contributed by atoms with Crippen LogP contribution in [0, 0.1) is 17.8 Å². The molecular weight excluding hydrogens is 451 g/mol. The summed E-state index contributed by atoms with van der Waals surface area (Å²) >= 11 is 0. The maximum atomic E-state index is 5.45. The number of halogens is 1. The van der Waals surface area contributed by atoms with Crippen LogP contribution in [0.1, 0.15) is 52.4 Å². The smallest absolute Gasteiger partial charge is 0.193 e. The Morgan fingerprint density at radius 3 is 2.44 bits per heavy atom. The maximum Gasteiger partial charge on any atom is 0.193 e. The van der Waals surface area contributed by atoms with Crippen LogP contribution in [0.4, 0.5) is 0 Å². The van der Waals surface area contributed by atoms with Gasteiger partial charge in [-0.05, 0) is 62.8 Å². The first-order valence-electron chi connectivity index (χ1n) is 10.8. The molecule has 2 saturated heterocycles. The van der Waals surface area contributed by atoms with Gasteiger partial charge in [-0.2, -0.15) is 0 Å². The molecule has 5 nitrogen and oxygen atoms in total. The molecule has 2 atom stereocenters. The van der Waals surface area contributed by atoms with Gasteiger partial charge < -0.3 is 19.9 Å². The third-order valence-corrected chi connectivity index (χ3v) is 5.92. The molecule has 2 heterocycles. The molecule has 2 aliphatic heterocycles. The lowest BCUT2D eigenvalue weighted by Gasteiger charge is -2.35. The van der Waals surface area contributed by atoms with Gasteiger partial charge in [0, 0.05) is 53.5 Å².